The summed E-state index contributed by atoms with van der Waals surface area (Å²) in [4.78, 5) is 0. The summed E-state index contributed by atoms with van der Waals surface area (Å²) in [5, 5.41) is 15.2. The van der Waals surface area contributed by atoms with Crippen LogP contribution in [0.5, 0.6) is 0 Å². The molecule has 25 heavy (non-hydrogen) atoms. The van der Waals surface area contributed by atoms with Crippen molar-refractivity contribution in [3.63, 3.8) is 0 Å². The molecule has 0 aromatic heterocycles. The second-order valence-electron chi connectivity index (χ2n) is 10.5. The van der Waals surface area contributed by atoms with Crippen LogP contribution in [0, 0.1) is 34.5 Å². The van der Waals surface area contributed by atoms with Gasteiger partial charge < -0.3 is 5.11 Å². The van der Waals surface area contributed by atoms with Gasteiger partial charge in [-0.2, -0.15) is 0 Å². The van der Waals surface area contributed by atoms with E-state index >= 15 is 0 Å². The maximum atomic E-state index is 11.5. The molecule has 0 saturated heterocycles. The zero-order valence-electron chi connectivity index (χ0n) is 16.9. The average Bonchev–Trinajstić information content (AvgIpc) is 2.86. The highest BCUT2D eigenvalue weighted by molar-refractivity contribution is 5.12. The lowest BCUT2D eigenvalue weighted by Crippen LogP contribution is -2.60. The number of hydrogen-bond donors (Lipinski definition) is 2. The summed E-state index contributed by atoms with van der Waals surface area (Å²) in [6.07, 6.45) is 16.0. The summed E-state index contributed by atoms with van der Waals surface area (Å²) in [6.45, 7) is 8.29. The Morgan fingerprint density at radius 1 is 0.920 bits per heavy atom. The molecular weight excluding hydrogens is 306 g/mol. The van der Waals surface area contributed by atoms with Gasteiger partial charge >= 0.3 is 0 Å². The molecule has 4 aliphatic rings. The molecule has 0 heterocycles. The van der Waals surface area contributed by atoms with E-state index in [0.29, 0.717) is 5.41 Å². The molecule has 0 aromatic carbocycles. The average molecular weight is 348 g/mol. The minimum Gasteiger partial charge on any atom is -0.375 e. The van der Waals surface area contributed by atoms with E-state index in [-0.39, 0.29) is 5.41 Å². The predicted molar refractivity (Wildman–Crippen MR) is 104 cm³/mol. The maximum absolute atomic E-state index is 11.5. The first-order valence-electron chi connectivity index (χ1n) is 11.4. The zero-order chi connectivity index (χ0) is 17.7. The summed E-state index contributed by atoms with van der Waals surface area (Å²) in [5.41, 5.74) is 0.0980. The van der Waals surface area contributed by atoms with Crippen LogP contribution in [0.15, 0.2) is 0 Å². The highest BCUT2D eigenvalue weighted by atomic mass is 16.3. The lowest BCUT2D eigenvalue weighted by Gasteiger charge is -2.61. The third-order valence-corrected chi connectivity index (χ3v) is 9.68. The van der Waals surface area contributed by atoms with Crippen molar-refractivity contribution in [3.05, 3.63) is 0 Å². The van der Waals surface area contributed by atoms with E-state index in [2.05, 4.69) is 26.1 Å². The molecule has 0 aromatic rings. The molecule has 2 nitrogen and oxygen atoms in total. The van der Waals surface area contributed by atoms with Gasteiger partial charge in [-0.15, -0.1) is 0 Å². The minimum atomic E-state index is -0.609. The van der Waals surface area contributed by atoms with E-state index in [1.165, 1.54) is 70.6 Å². The fourth-order valence-electron chi connectivity index (χ4n) is 8.07. The van der Waals surface area contributed by atoms with Gasteiger partial charge in [0.25, 0.3) is 0 Å². The first-order valence-corrected chi connectivity index (χ1v) is 11.4. The van der Waals surface area contributed by atoms with Crippen LogP contribution >= 0.6 is 0 Å². The highest BCUT2D eigenvalue weighted by Crippen LogP contribution is 2.67. The number of rotatable bonds is 4. The largest absolute Gasteiger partial charge is 0.375 e. The Balaban J connectivity index is 1.55. The Hall–Kier alpha value is -0.0800. The third-order valence-electron chi connectivity index (χ3n) is 9.68. The number of fused-ring (bicyclic) bond motifs is 5. The molecule has 3 unspecified atom stereocenters. The molecule has 0 spiro atoms. The van der Waals surface area contributed by atoms with E-state index in [9.17, 15) is 5.11 Å². The fourth-order valence-corrected chi connectivity index (χ4v) is 8.07. The van der Waals surface area contributed by atoms with Gasteiger partial charge in [-0.1, -0.05) is 40.0 Å². The van der Waals surface area contributed by atoms with E-state index in [1.807, 2.05) is 0 Å². The predicted octanol–water partition coefficient (Wildman–Crippen LogP) is 5.50. The standard InChI is InChI=1S/C23H41NO/c1-4-5-16-24-23(25)15-12-20-18-10-9-17-8-6-7-13-21(17,2)19(18)11-14-22(20,23)3/h17-20,24-25H,4-16H2,1-3H3/t17-,18?,19?,20?,21+,22+,23+/m1/s1. The van der Waals surface area contributed by atoms with E-state index in [1.54, 1.807) is 0 Å². The van der Waals surface area contributed by atoms with Gasteiger partial charge in [0.15, 0.2) is 0 Å². The quantitative estimate of drug-likeness (QED) is 0.520. The number of aliphatic hydroxyl groups is 1. The molecule has 2 N–H and O–H groups in total. The lowest BCUT2D eigenvalue weighted by molar-refractivity contribution is -0.162. The van der Waals surface area contributed by atoms with Crippen molar-refractivity contribution in [2.45, 2.75) is 104 Å². The van der Waals surface area contributed by atoms with E-state index < -0.39 is 5.72 Å². The van der Waals surface area contributed by atoms with Crippen LogP contribution in [-0.2, 0) is 0 Å². The molecule has 4 fully saturated rings. The first-order chi connectivity index (χ1) is 11.9. The maximum Gasteiger partial charge on any atom is 0.121 e. The number of unbranched alkanes of at least 4 members (excludes halogenated alkanes) is 1. The van der Waals surface area contributed by atoms with E-state index in [4.69, 9.17) is 0 Å². The zero-order valence-corrected chi connectivity index (χ0v) is 16.9. The van der Waals surface area contributed by atoms with Crippen molar-refractivity contribution in [3.8, 4) is 0 Å². The van der Waals surface area contributed by atoms with Crippen LogP contribution in [0.1, 0.15) is 97.8 Å². The normalized spacial score (nSPS) is 52.3. The second kappa shape index (κ2) is 6.51. The van der Waals surface area contributed by atoms with Gasteiger partial charge in [0.2, 0.25) is 0 Å². The Morgan fingerprint density at radius 2 is 1.72 bits per heavy atom. The van der Waals surface area contributed by atoms with Crippen LogP contribution in [-0.4, -0.2) is 17.4 Å². The highest BCUT2D eigenvalue weighted by Gasteiger charge is 2.64. The molecule has 2 heteroatoms. The lowest BCUT2D eigenvalue weighted by atomic mass is 9.45. The van der Waals surface area contributed by atoms with Gasteiger partial charge in [0, 0.05) is 5.41 Å². The van der Waals surface area contributed by atoms with Crippen LogP contribution < -0.4 is 5.32 Å². The summed E-state index contributed by atoms with van der Waals surface area (Å²) in [7, 11) is 0. The van der Waals surface area contributed by atoms with Gasteiger partial charge in [-0.3, -0.25) is 5.32 Å². The van der Waals surface area contributed by atoms with Gasteiger partial charge in [-0.05, 0) is 93.4 Å². The first kappa shape index (κ1) is 18.3. The minimum absolute atomic E-state index is 0.0970. The van der Waals surface area contributed by atoms with E-state index in [0.717, 1.165) is 36.6 Å². The topological polar surface area (TPSA) is 32.3 Å². The molecule has 0 radical (unpaired) electrons. The van der Waals surface area contributed by atoms with Crippen molar-refractivity contribution in [1.29, 1.82) is 0 Å². The molecule has 144 valence electrons. The molecule has 4 saturated carbocycles. The monoisotopic (exact) mass is 347 g/mol. The van der Waals surface area contributed by atoms with Crippen molar-refractivity contribution in [2.75, 3.05) is 6.54 Å². The molecule has 0 amide bonds. The van der Waals surface area contributed by atoms with Crippen molar-refractivity contribution >= 4 is 0 Å². The summed E-state index contributed by atoms with van der Waals surface area (Å²) >= 11 is 0. The SMILES string of the molecule is CCCCN[C@]1(O)CCC2C3CC[C@H]4CCCC[C@]4(C)C3CC[C@@]21C. The molecule has 0 aliphatic heterocycles. The summed E-state index contributed by atoms with van der Waals surface area (Å²) in [6, 6.07) is 0. The van der Waals surface area contributed by atoms with Crippen LogP contribution in [0.25, 0.3) is 0 Å². The third kappa shape index (κ3) is 2.64. The Kier molecular flexibility index (Phi) is 4.77. The number of nitrogens with one attached hydrogen (secondary N) is 1. The molecule has 7 atom stereocenters. The Morgan fingerprint density at radius 3 is 2.52 bits per heavy atom. The molecule has 4 aliphatic carbocycles. The summed E-state index contributed by atoms with van der Waals surface area (Å²) < 4.78 is 0. The molecule has 4 rings (SSSR count). The van der Waals surface area contributed by atoms with Crippen molar-refractivity contribution in [2.24, 2.45) is 34.5 Å². The fraction of sp³-hybridized carbons (Fsp3) is 1.00. The van der Waals surface area contributed by atoms with Gasteiger partial charge in [0.05, 0.1) is 0 Å². The van der Waals surface area contributed by atoms with Crippen molar-refractivity contribution in [1.82, 2.24) is 5.32 Å². The van der Waals surface area contributed by atoms with Gasteiger partial charge in [0.1, 0.15) is 5.72 Å². The summed E-state index contributed by atoms with van der Waals surface area (Å²) in [5.74, 6) is 3.54. The van der Waals surface area contributed by atoms with Crippen LogP contribution in [0.3, 0.4) is 0 Å². The smallest absolute Gasteiger partial charge is 0.121 e. The Labute approximate surface area is 155 Å². The Bertz CT molecular complexity index is 492. The number of hydrogen-bond acceptors (Lipinski definition) is 2. The molecular formula is C23H41NO. The van der Waals surface area contributed by atoms with Crippen molar-refractivity contribution < 1.29 is 5.11 Å². The van der Waals surface area contributed by atoms with Crippen LogP contribution in [0.2, 0.25) is 0 Å². The van der Waals surface area contributed by atoms with Crippen LogP contribution in [0.4, 0.5) is 0 Å². The second-order valence-corrected chi connectivity index (χ2v) is 10.5. The molecule has 0 bridgehead atoms. The van der Waals surface area contributed by atoms with Gasteiger partial charge in [-0.25, -0.2) is 0 Å².